The van der Waals surface area contributed by atoms with Crippen LogP contribution in [-0.2, 0) is 4.79 Å². The lowest BCUT2D eigenvalue weighted by molar-refractivity contribution is -0.137. The quantitative estimate of drug-likeness (QED) is 0.874. The Labute approximate surface area is 133 Å². The predicted octanol–water partition coefficient (Wildman–Crippen LogP) is 3.44. The summed E-state index contributed by atoms with van der Waals surface area (Å²) in [6, 6.07) is 6.40. The summed E-state index contributed by atoms with van der Waals surface area (Å²) < 4.78 is 6.28. The van der Waals surface area contributed by atoms with Gasteiger partial charge in [-0.05, 0) is 49.4 Å². The molecular weight excluding hydrogens is 278 g/mol. The van der Waals surface area contributed by atoms with Crippen LogP contribution >= 0.6 is 0 Å². The average Bonchev–Trinajstić information content (AvgIpc) is 2.45. The first-order valence-electron chi connectivity index (χ1n) is 8.17. The van der Waals surface area contributed by atoms with Crippen molar-refractivity contribution in [2.24, 2.45) is 0 Å². The van der Waals surface area contributed by atoms with E-state index in [0.717, 1.165) is 31.7 Å². The maximum Gasteiger partial charge on any atom is 0.304 e. The average molecular weight is 305 g/mol. The Hall–Kier alpha value is -1.55. The number of aryl methyl sites for hydroxylation is 1. The van der Waals surface area contributed by atoms with E-state index in [1.165, 1.54) is 11.1 Å². The molecule has 122 valence electrons. The van der Waals surface area contributed by atoms with Gasteiger partial charge in [-0.15, -0.1) is 0 Å². The molecule has 1 aliphatic rings. The summed E-state index contributed by atoms with van der Waals surface area (Å²) in [4.78, 5) is 12.9. The van der Waals surface area contributed by atoms with E-state index in [9.17, 15) is 4.79 Å². The van der Waals surface area contributed by atoms with Gasteiger partial charge in [-0.1, -0.05) is 26.0 Å². The largest absolute Gasteiger partial charge is 0.489 e. The molecule has 1 fully saturated rings. The number of aliphatic carboxylic acids is 1. The number of hydrogen-bond donors (Lipinski definition) is 1. The normalized spacial score (nSPS) is 19.4. The van der Waals surface area contributed by atoms with Crippen LogP contribution in [0.3, 0.4) is 0 Å². The lowest BCUT2D eigenvalue weighted by Gasteiger charge is -2.33. The van der Waals surface area contributed by atoms with Crippen LogP contribution in [-0.4, -0.2) is 41.7 Å². The van der Waals surface area contributed by atoms with Crippen molar-refractivity contribution in [3.05, 3.63) is 29.3 Å². The van der Waals surface area contributed by atoms with Crippen molar-refractivity contribution in [1.29, 1.82) is 0 Å². The number of benzene rings is 1. The van der Waals surface area contributed by atoms with Crippen molar-refractivity contribution in [2.75, 3.05) is 19.6 Å². The summed E-state index contributed by atoms with van der Waals surface area (Å²) in [7, 11) is 0. The second kappa shape index (κ2) is 7.63. The molecule has 1 unspecified atom stereocenters. The SMILES string of the molecule is Cc1ccc(C(C)C)c(OC2CCCN(CCC(=O)O)C2)c1. The first-order valence-corrected chi connectivity index (χ1v) is 8.17. The molecule has 1 N–H and O–H groups in total. The number of likely N-dealkylation sites (tertiary alicyclic amines) is 1. The van der Waals surface area contributed by atoms with Crippen LogP contribution in [0.4, 0.5) is 0 Å². The lowest BCUT2D eigenvalue weighted by atomic mass is 10.00. The number of carboxylic acid groups (broad SMARTS) is 1. The number of ether oxygens (including phenoxy) is 1. The minimum Gasteiger partial charge on any atom is -0.489 e. The molecule has 1 saturated heterocycles. The summed E-state index contributed by atoms with van der Waals surface area (Å²) in [5, 5.41) is 8.82. The second-order valence-corrected chi connectivity index (χ2v) is 6.52. The highest BCUT2D eigenvalue weighted by atomic mass is 16.5. The minimum atomic E-state index is -0.733. The zero-order chi connectivity index (χ0) is 16.1. The van der Waals surface area contributed by atoms with Gasteiger partial charge < -0.3 is 9.84 Å². The molecule has 0 aliphatic carbocycles. The number of hydrogen-bond acceptors (Lipinski definition) is 3. The van der Waals surface area contributed by atoms with Gasteiger partial charge in [-0.25, -0.2) is 0 Å². The van der Waals surface area contributed by atoms with Crippen molar-refractivity contribution in [3.8, 4) is 5.75 Å². The highest BCUT2D eigenvalue weighted by molar-refractivity contribution is 5.66. The number of carbonyl (C=O) groups is 1. The van der Waals surface area contributed by atoms with Gasteiger partial charge in [-0.3, -0.25) is 9.69 Å². The van der Waals surface area contributed by atoms with Crippen molar-refractivity contribution in [2.45, 2.75) is 52.1 Å². The molecule has 2 rings (SSSR count). The maximum atomic E-state index is 10.7. The Morgan fingerprint density at radius 1 is 1.45 bits per heavy atom. The van der Waals surface area contributed by atoms with Crippen LogP contribution in [0, 0.1) is 6.92 Å². The molecular formula is C18H27NO3. The molecule has 0 aromatic heterocycles. The van der Waals surface area contributed by atoms with Gasteiger partial charge >= 0.3 is 5.97 Å². The maximum absolute atomic E-state index is 10.7. The first kappa shape index (κ1) is 16.8. The summed E-state index contributed by atoms with van der Waals surface area (Å²) >= 11 is 0. The monoisotopic (exact) mass is 305 g/mol. The molecule has 1 heterocycles. The fourth-order valence-electron chi connectivity index (χ4n) is 2.97. The van der Waals surface area contributed by atoms with Crippen LogP contribution in [0.25, 0.3) is 0 Å². The van der Waals surface area contributed by atoms with Crippen molar-refractivity contribution in [3.63, 3.8) is 0 Å². The summed E-state index contributed by atoms with van der Waals surface area (Å²) in [6.07, 6.45) is 2.46. The van der Waals surface area contributed by atoms with E-state index in [1.54, 1.807) is 0 Å². The highest BCUT2D eigenvalue weighted by Crippen LogP contribution is 2.29. The third-order valence-electron chi connectivity index (χ3n) is 4.19. The van der Waals surface area contributed by atoms with Crippen LogP contribution in [0.2, 0.25) is 0 Å². The number of nitrogens with zero attached hydrogens (tertiary/aromatic N) is 1. The zero-order valence-corrected chi connectivity index (χ0v) is 13.8. The van der Waals surface area contributed by atoms with Crippen molar-refractivity contribution < 1.29 is 14.6 Å². The predicted molar refractivity (Wildman–Crippen MR) is 87.6 cm³/mol. The molecule has 0 saturated carbocycles. The van der Waals surface area contributed by atoms with Gasteiger partial charge in [-0.2, -0.15) is 0 Å². The van der Waals surface area contributed by atoms with Gasteiger partial charge in [0.1, 0.15) is 11.9 Å². The van der Waals surface area contributed by atoms with E-state index in [2.05, 4.69) is 43.9 Å². The summed E-state index contributed by atoms with van der Waals surface area (Å²) in [6.45, 7) is 8.84. The molecule has 0 spiro atoms. The molecule has 4 nitrogen and oxygen atoms in total. The Balaban J connectivity index is 2.01. The second-order valence-electron chi connectivity index (χ2n) is 6.52. The van der Waals surface area contributed by atoms with E-state index in [-0.39, 0.29) is 12.5 Å². The van der Waals surface area contributed by atoms with Crippen LogP contribution in [0.5, 0.6) is 5.75 Å². The molecule has 1 atom stereocenters. The van der Waals surface area contributed by atoms with Crippen LogP contribution in [0.15, 0.2) is 18.2 Å². The van der Waals surface area contributed by atoms with E-state index in [1.807, 2.05) is 0 Å². The lowest BCUT2D eigenvalue weighted by Crippen LogP contribution is -2.42. The van der Waals surface area contributed by atoms with Gasteiger partial charge in [0.15, 0.2) is 0 Å². The molecule has 1 aromatic carbocycles. The molecule has 0 bridgehead atoms. The minimum absolute atomic E-state index is 0.154. The fourth-order valence-corrected chi connectivity index (χ4v) is 2.97. The number of rotatable bonds is 6. The third-order valence-corrected chi connectivity index (χ3v) is 4.19. The molecule has 0 radical (unpaired) electrons. The Bertz CT molecular complexity index is 513. The fraction of sp³-hybridized carbons (Fsp3) is 0.611. The Kier molecular flexibility index (Phi) is 5.83. The van der Waals surface area contributed by atoms with Gasteiger partial charge in [0.05, 0.1) is 6.42 Å². The first-order chi connectivity index (χ1) is 10.5. The Morgan fingerprint density at radius 2 is 2.23 bits per heavy atom. The topological polar surface area (TPSA) is 49.8 Å². The number of carboxylic acids is 1. The smallest absolute Gasteiger partial charge is 0.304 e. The van der Waals surface area contributed by atoms with Gasteiger partial charge in [0, 0.05) is 13.1 Å². The molecule has 1 aromatic rings. The highest BCUT2D eigenvalue weighted by Gasteiger charge is 2.22. The van der Waals surface area contributed by atoms with E-state index in [4.69, 9.17) is 9.84 Å². The zero-order valence-electron chi connectivity index (χ0n) is 13.8. The summed E-state index contributed by atoms with van der Waals surface area (Å²) in [5.41, 5.74) is 2.45. The van der Waals surface area contributed by atoms with Crippen molar-refractivity contribution in [1.82, 2.24) is 4.90 Å². The molecule has 4 heteroatoms. The molecule has 1 aliphatic heterocycles. The van der Waals surface area contributed by atoms with Crippen LogP contribution in [0.1, 0.15) is 50.2 Å². The standard InChI is InChI=1S/C18H27NO3/c1-13(2)16-7-6-14(3)11-17(16)22-15-5-4-9-19(12-15)10-8-18(20)21/h6-7,11,13,15H,4-5,8-10,12H2,1-3H3,(H,20,21). The van der Waals surface area contributed by atoms with Gasteiger partial charge in [0.2, 0.25) is 0 Å². The van der Waals surface area contributed by atoms with Crippen molar-refractivity contribution >= 4 is 5.97 Å². The van der Waals surface area contributed by atoms with Gasteiger partial charge in [0.25, 0.3) is 0 Å². The van der Waals surface area contributed by atoms with E-state index < -0.39 is 5.97 Å². The molecule has 0 amide bonds. The molecule has 22 heavy (non-hydrogen) atoms. The summed E-state index contributed by atoms with van der Waals surface area (Å²) in [5.74, 6) is 0.686. The Morgan fingerprint density at radius 3 is 2.91 bits per heavy atom. The number of piperidine rings is 1. The van der Waals surface area contributed by atoms with E-state index in [0.29, 0.717) is 12.5 Å². The third kappa shape index (κ3) is 4.73. The van der Waals surface area contributed by atoms with Crippen LogP contribution < -0.4 is 4.74 Å². The van der Waals surface area contributed by atoms with E-state index >= 15 is 0 Å².